The molecule has 1 nitrogen and oxygen atoms in total. The second-order valence-corrected chi connectivity index (χ2v) is 7.12. The third-order valence-corrected chi connectivity index (χ3v) is 5.71. The molecule has 2 heteroatoms. The van der Waals surface area contributed by atoms with Gasteiger partial charge in [0.2, 0.25) is 0 Å². The molecule has 1 aliphatic carbocycles. The monoisotopic (exact) mass is 338 g/mol. The Morgan fingerprint density at radius 3 is 2.45 bits per heavy atom. The van der Waals surface area contributed by atoms with Crippen molar-refractivity contribution in [1.29, 1.82) is 0 Å². The summed E-state index contributed by atoms with van der Waals surface area (Å²) in [5.74, 6) is 1.59. The first-order valence-corrected chi connectivity index (χ1v) is 9.06. The Kier molecular flexibility index (Phi) is 5.95. The molecule has 0 atom stereocenters. The smallest absolute Gasteiger partial charge is 0.119 e. The largest absolute Gasteiger partial charge is 0.493 e. The van der Waals surface area contributed by atoms with Crippen molar-refractivity contribution in [2.24, 2.45) is 5.41 Å². The molecule has 0 bridgehead atoms. The van der Waals surface area contributed by atoms with Crippen LogP contribution in [0.15, 0.2) is 24.3 Å². The van der Waals surface area contributed by atoms with Gasteiger partial charge in [-0.3, -0.25) is 0 Å². The molecule has 1 aromatic rings. The molecule has 0 heterocycles. The summed E-state index contributed by atoms with van der Waals surface area (Å²) in [5, 5.41) is 1.06. The molecule has 112 valence electrons. The predicted molar refractivity (Wildman–Crippen MR) is 90.0 cm³/mol. The minimum absolute atomic E-state index is 0.338. The Labute approximate surface area is 132 Å². The summed E-state index contributed by atoms with van der Waals surface area (Å²) in [5.41, 5.74) is 1.70. The number of hydrogen-bond donors (Lipinski definition) is 0. The van der Waals surface area contributed by atoms with Gasteiger partial charge in [-0.1, -0.05) is 67.6 Å². The van der Waals surface area contributed by atoms with Crippen LogP contribution >= 0.6 is 15.9 Å². The lowest BCUT2D eigenvalue weighted by Crippen LogP contribution is -2.30. The molecule has 0 amide bonds. The molecule has 0 unspecified atom stereocenters. The maximum absolute atomic E-state index is 6.16. The molecule has 1 saturated carbocycles. The van der Waals surface area contributed by atoms with Gasteiger partial charge in [-0.05, 0) is 36.5 Å². The van der Waals surface area contributed by atoms with Gasteiger partial charge >= 0.3 is 0 Å². The lowest BCUT2D eigenvalue weighted by atomic mass is 9.83. The zero-order chi connectivity index (χ0) is 14.4. The van der Waals surface area contributed by atoms with Crippen LogP contribution in [0.1, 0.15) is 63.9 Å². The fraction of sp³-hybridized carbons (Fsp3) is 0.667. The zero-order valence-electron chi connectivity index (χ0n) is 12.8. The van der Waals surface area contributed by atoms with Gasteiger partial charge in [0.05, 0.1) is 6.61 Å². The minimum Gasteiger partial charge on any atom is -0.493 e. The highest BCUT2D eigenvalue weighted by Gasteiger charge is 2.30. The first-order valence-electron chi connectivity index (χ1n) is 7.94. The molecule has 0 aliphatic heterocycles. The summed E-state index contributed by atoms with van der Waals surface area (Å²) in [4.78, 5) is 0. The van der Waals surface area contributed by atoms with Gasteiger partial charge in [-0.25, -0.2) is 0 Å². The first kappa shape index (κ1) is 15.9. The number of hydrogen-bond acceptors (Lipinski definition) is 1. The fourth-order valence-electron chi connectivity index (χ4n) is 2.99. The molecule has 0 aromatic heterocycles. The van der Waals surface area contributed by atoms with E-state index in [9.17, 15) is 0 Å². The van der Waals surface area contributed by atoms with E-state index in [-0.39, 0.29) is 0 Å². The van der Waals surface area contributed by atoms with Crippen LogP contribution in [-0.2, 0) is 0 Å². The molecule has 2 rings (SSSR count). The number of alkyl halides is 1. The predicted octanol–water partition coefficient (Wildman–Crippen LogP) is 5.92. The molecule has 20 heavy (non-hydrogen) atoms. The second kappa shape index (κ2) is 7.49. The summed E-state index contributed by atoms with van der Waals surface area (Å²) in [6, 6.07) is 8.58. The van der Waals surface area contributed by atoms with Crippen LogP contribution in [0.3, 0.4) is 0 Å². The molecule has 0 saturated heterocycles. The van der Waals surface area contributed by atoms with E-state index in [0.29, 0.717) is 11.3 Å². The Hall–Kier alpha value is -0.500. The van der Waals surface area contributed by atoms with Crippen LogP contribution in [0.2, 0.25) is 0 Å². The van der Waals surface area contributed by atoms with Gasteiger partial charge < -0.3 is 4.74 Å². The third-order valence-electron chi connectivity index (χ3n) is 4.52. The quantitative estimate of drug-likeness (QED) is 0.478. The summed E-state index contributed by atoms with van der Waals surface area (Å²) in [6.07, 6.45) is 8.06. The number of rotatable bonds is 5. The minimum atomic E-state index is 0.338. The highest BCUT2D eigenvalue weighted by molar-refractivity contribution is 9.09. The van der Waals surface area contributed by atoms with Crippen molar-refractivity contribution in [3.63, 3.8) is 0 Å². The number of halogens is 1. The lowest BCUT2D eigenvalue weighted by Gasteiger charge is -2.30. The van der Waals surface area contributed by atoms with Crippen molar-refractivity contribution < 1.29 is 4.74 Å². The molecular weight excluding hydrogens is 312 g/mol. The average molecular weight is 339 g/mol. The fourth-order valence-corrected chi connectivity index (χ4v) is 3.72. The molecule has 0 radical (unpaired) electrons. The van der Waals surface area contributed by atoms with E-state index in [4.69, 9.17) is 4.74 Å². The molecule has 0 spiro atoms. The summed E-state index contributed by atoms with van der Waals surface area (Å²) < 4.78 is 6.16. The molecule has 1 aliphatic rings. The summed E-state index contributed by atoms with van der Waals surface area (Å²) >= 11 is 3.73. The molecule has 1 aromatic carbocycles. The second-order valence-electron chi connectivity index (χ2n) is 6.56. The van der Waals surface area contributed by atoms with E-state index in [1.54, 1.807) is 0 Å². The Morgan fingerprint density at radius 2 is 1.85 bits per heavy atom. The van der Waals surface area contributed by atoms with E-state index in [1.807, 2.05) is 0 Å². The van der Waals surface area contributed by atoms with Crippen LogP contribution in [0.5, 0.6) is 5.75 Å². The molecule has 0 N–H and O–H groups in total. The third kappa shape index (κ3) is 4.25. The van der Waals surface area contributed by atoms with Crippen LogP contribution in [0.4, 0.5) is 0 Å². The Bertz CT molecular complexity index is 406. The van der Waals surface area contributed by atoms with Crippen LogP contribution in [0.25, 0.3) is 0 Å². The SMILES string of the molecule is CC(C)c1cccc(OCC2(CBr)CCCCCC2)c1. The summed E-state index contributed by atoms with van der Waals surface area (Å²) in [6.45, 7) is 5.30. The molecule has 1 fully saturated rings. The van der Waals surface area contributed by atoms with Gasteiger partial charge in [0, 0.05) is 10.7 Å². The lowest BCUT2D eigenvalue weighted by molar-refractivity contribution is 0.149. The van der Waals surface area contributed by atoms with Crippen molar-refractivity contribution >= 4 is 15.9 Å². The number of benzene rings is 1. The van der Waals surface area contributed by atoms with E-state index in [2.05, 4.69) is 54.0 Å². The first-order chi connectivity index (χ1) is 9.65. The van der Waals surface area contributed by atoms with Crippen molar-refractivity contribution in [2.75, 3.05) is 11.9 Å². The van der Waals surface area contributed by atoms with E-state index in [0.717, 1.165) is 17.7 Å². The van der Waals surface area contributed by atoms with Crippen LogP contribution in [0, 0.1) is 5.41 Å². The van der Waals surface area contributed by atoms with Gasteiger partial charge in [0.15, 0.2) is 0 Å². The van der Waals surface area contributed by atoms with Crippen molar-refractivity contribution in [3.8, 4) is 5.75 Å². The highest BCUT2D eigenvalue weighted by atomic mass is 79.9. The van der Waals surface area contributed by atoms with E-state index < -0.39 is 0 Å². The highest BCUT2D eigenvalue weighted by Crippen LogP contribution is 2.37. The number of ether oxygens (including phenoxy) is 1. The molecular formula is C18H27BrO. The van der Waals surface area contributed by atoms with Gasteiger partial charge in [0.1, 0.15) is 5.75 Å². The van der Waals surface area contributed by atoms with Gasteiger partial charge in [0.25, 0.3) is 0 Å². The summed E-state index contributed by atoms with van der Waals surface area (Å²) in [7, 11) is 0. The Balaban J connectivity index is 2.00. The van der Waals surface area contributed by atoms with Crippen molar-refractivity contribution in [1.82, 2.24) is 0 Å². The van der Waals surface area contributed by atoms with E-state index in [1.165, 1.54) is 44.1 Å². The normalized spacial score (nSPS) is 18.8. The van der Waals surface area contributed by atoms with E-state index >= 15 is 0 Å². The van der Waals surface area contributed by atoms with Gasteiger partial charge in [-0.15, -0.1) is 0 Å². The Morgan fingerprint density at radius 1 is 1.15 bits per heavy atom. The maximum atomic E-state index is 6.16. The topological polar surface area (TPSA) is 9.23 Å². The zero-order valence-corrected chi connectivity index (χ0v) is 14.4. The van der Waals surface area contributed by atoms with Crippen molar-refractivity contribution in [2.45, 2.75) is 58.3 Å². The standard InChI is InChI=1S/C18H27BrO/c1-15(2)16-8-7-9-17(12-16)20-14-18(13-19)10-5-3-4-6-11-18/h7-9,12,15H,3-6,10-11,13-14H2,1-2H3. The van der Waals surface area contributed by atoms with Crippen LogP contribution in [-0.4, -0.2) is 11.9 Å². The van der Waals surface area contributed by atoms with Crippen molar-refractivity contribution in [3.05, 3.63) is 29.8 Å². The van der Waals surface area contributed by atoms with Gasteiger partial charge in [-0.2, -0.15) is 0 Å². The average Bonchev–Trinajstić information content (AvgIpc) is 2.72. The van der Waals surface area contributed by atoms with Crippen LogP contribution < -0.4 is 4.74 Å². The maximum Gasteiger partial charge on any atom is 0.119 e.